The Bertz CT molecular complexity index is 2840. The number of rotatable bonds is 10. The number of benzene rings is 6. The first kappa shape index (κ1) is 39.9. The van der Waals surface area contributed by atoms with Crippen molar-refractivity contribution < 1.29 is 60.8 Å². The fourth-order valence-corrected chi connectivity index (χ4v) is 6.66. The lowest BCUT2D eigenvalue weighted by Crippen LogP contribution is -2.19. The average Bonchev–Trinajstić information content (AvgIpc) is 3.13. The maximum absolute atomic E-state index is 13.1. The van der Waals surface area contributed by atoms with E-state index in [1.54, 1.807) is 0 Å². The minimum absolute atomic E-state index is 0.00607. The lowest BCUT2D eigenvalue weighted by atomic mass is 10.1. The Morgan fingerprint density at radius 3 is 1.26 bits per heavy atom. The Morgan fingerprint density at radius 2 is 0.914 bits per heavy atom. The molecular weight excluding hydrogens is 805 g/mol. The molecule has 6 aromatic carbocycles. The molecule has 0 spiro atoms. The number of phenols is 2. The number of phenolic OH excluding ortho intramolecular Hbond substituents is 2. The number of hydrogen-bond donors (Lipinski definition) is 10. The molecule has 0 aliphatic heterocycles. The third-order valence-corrected chi connectivity index (χ3v) is 9.89. The summed E-state index contributed by atoms with van der Waals surface area (Å²) in [6.07, 6.45) is 0. The molecule has 58 heavy (non-hydrogen) atoms. The minimum atomic E-state index is -4.69. The van der Waals surface area contributed by atoms with Crippen molar-refractivity contribution in [2.24, 2.45) is 20.5 Å². The quantitative estimate of drug-likeness (QED) is 0.0380. The number of carbonyl (C=O) groups is 3. The van der Waals surface area contributed by atoms with Crippen molar-refractivity contribution in [1.82, 2.24) is 0 Å². The minimum Gasteiger partial charge on any atom is -0.507 e. The number of aromatic carboxylic acids is 2. The molecule has 0 radical (unpaired) electrons. The normalized spacial score (nSPS) is 12.0. The Kier molecular flexibility index (Phi) is 10.4. The van der Waals surface area contributed by atoms with Gasteiger partial charge < -0.3 is 42.5 Å². The highest BCUT2D eigenvalue weighted by Crippen LogP contribution is 2.42. The Balaban J connectivity index is 1.28. The molecule has 21 nitrogen and oxygen atoms in total. The molecule has 6 rings (SSSR count). The van der Waals surface area contributed by atoms with Crippen LogP contribution in [0.4, 0.5) is 50.3 Å². The molecule has 0 aliphatic rings. The fourth-order valence-electron chi connectivity index (χ4n) is 5.59. The van der Waals surface area contributed by atoms with Gasteiger partial charge in [0.1, 0.15) is 34.2 Å². The number of anilines is 4. The zero-order valence-electron chi connectivity index (χ0n) is 28.9. The molecule has 2 amide bonds. The number of nitrogens with zero attached hydrogens (tertiary/aromatic N) is 4. The number of carboxylic acid groups (broad SMARTS) is 2. The molecule has 296 valence electrons. The third kappa shape index (κ3) is 8.26. The van der Waals surface area contributed by atoms with Crippen molar-refractivity contribution >= 4 is 105 Å². The van der Waals surface area contributed by atoms with Crippen molar-refractivity contribution in [1.29, 1.82) is 0 Å². The van der Waals surface area contributed by atoms with Gasteiger partial charge in [-0.15, -0.1) is 20.5 Å². The number of fused-ring (bicyclic) bond motifs is 2. The van der Waals surface area contributed by atoms with Gasteiger partial charge in [-0.1, -0.05) is 12.1 Å². The fraction of sp³-hybridized carbons (Fsp3) is 0. The number of nitrogens with two attached hydrogens (primary N) is 2. The smallest absolute Gasteiger partial charge is 0.337 e. The number of carbonyl (C=O) groups excluding carboxylic acids is 1. The molecule has 0 saturated carbocycles. The molecule has 12 N–H and O–H groups in total. The summed E-state index contributed by atoms with van der Waals surface area (Å²) in [5.41, 5.74) is 10.3. The summed E-state index contributed by atoms with van der Waals surface area (Å²) >= 11 is 0. The van der Waals surface area contributed by atoms with E-state index in [4.69, 9.17) is 11.5 Å². The second-order valence-electron chi connectivity index (χ2n) is 12.1. The highest BCUT2D eigenvalue weighted by atomic mass is 32.2. The predicted molar refractivity (Wildman–Crippen MR) is 207 cm³/mol. The van der Waals surface area contributed by atoms with Gasteiger partial charge in [0.25, 0.3) is 20.2 Å². The van der Waals surface area contributed by atoms with Crippen molar-refractivity contribution in [3.05, 3.63) is 96.1 Å². The van der Waals surface area contributed by atoms with Gasteiger partial charge in [0.2, 0.25) is 0 Å². The Hall–Kier alpha value is -7.73. The largest absolute Gasteiger partial charge is 0.507 e. The van der Waals surface area contributed by atoms with E-state index in [1.165, 1.54) is 36.4 Å². The van der Waals surface area contributed by atoms with E-state index in [0.29, 0.717) is 0 Å². The SMILES string of the molecule is Nc1ccc2cc(S(=O)(=O)O)cc(O)c2c1N=Nc1cc(NC(=O)Nc2ccc(C(=O)O)c(N=Nc3c(N)ccc4cc(S(=O)(=O)O)cc(O)c34)c2)ccc1C(=O)O. The maximum Gasteiger partial charge on any atom is 0.337 e. The van der Waals surface area contributed by atoms with Crippen molar-refractivity contribution in [2.75, 3.05) is 22.1 Å². The highest BCUT2D eigenvalue weighted by Gasteiger charge is 2.20. The average molecular weight is 831 g/mol. The van der Waals surface area contributed by atoms with Gasteiger partial charge in [-0.05, 0) is 71.4 Å². The van der Waals surface area contributed by atoms with E-state index < -0.39 is 59.5 Å². The zero-order valence-corrected chi connectivity index (χ0v) is 30.5. The Labute approximate surface area is 325 Å². The first-order valence-corrected chi connectivity index (χ1v) is 18.8. The third-order valence-electron chi connectivity index (χ3n) is 8.23. The molecule has 0 unspecified atom stereocenters. The summed E-state index contributed by atoms with van der Waals surface area (Å²) in [4.78, 5) is 35.9. The van der Waals surface area contributed by atoms with E-state index in [2.05, 4.69) is 31.1 Å². The highest BCUT2D eigenvalue weighted by molar-refractivity contribution is 7.86. The van der Waals surface area contributed by atoms with Crippen LogP contribution < -0.4 is 22.1 Å². The van der Waals surface area contributed by atoms with Crippen LogP contribution in [0.2, 0.25) is 0 Å². The van der Waals surface area contributed by atoms with Crippen molar-refractivity contribution in [3.63, 3.8) is 0 Å². The van der Waals surface area contributed by atoms with Crippen LogP contribution in [-0.4, -0.2) is 64.3 Å². The van der Waals surface area contributed by atoms with Crippen LogP contribution in [0.5, 0.6) is 11.5 Å². The molecule has 0 bridgehead atoms. The second-order valence-corrected chi connectivity index (χ2v) is 14.9. The maximum atomic E-state index is 13.1. The van der Waals surface area contributed by atoms with Gasteiger partial charge in [-0.3, -0.25) is 9.11 Å². The van der Waals surface area contributed by atoms with Gasteiger partial charge >= 0.3 is 18.0 Å². The Morgan fingerprint density at radius 1 is 0.534 bits per heavy atom. The van der Waals surface area contributed by atoms with Crippen molar-refractivity contribution in [2.45, 2.75) is 9.79 Å². The van der Waals surface area contributed by atoms with Crippen LogP contribution in [0, 0.1) is 0 Å². The zero-order chi connectivity index (χ0) is 42.3. The number of urea groups is 1. The number of aromatic hydroxyl groups is 2. The van der Waals surface area contributed by atoms with Crippen LogP contribution >= 0.6 is 0 Å². The molecular formula is C35H26N8O13S2. The summed E-state index contributed by atoms with van der Waals surface area (Å²) in [6.45, 7) is 0. The molecule has 0 aliphatic carbocycles. The number of nitrogens with one attached hydrogen (secondary N) is 2. The molecule has 0 heterocycles. The van der Waals surface area contributed by atoms with E-state index >= 15 is 0 Å². The monoisotopic (exact) mass is 830 g/mol. The standard InChI is InChI=1S/C35H26N8O13S2/c36-23-7-1-15-9-19(57(51,52)53)13-27(44)29(15)31(23)42-40-25-11-17(3-5-21(25)33(46)47)38-35(50)39-18-4-6-22(34(48)49)26(12-18)41-43-32-24(37)8-2-16-10-20(58(54,55)56)14-28(45)30(16)32/h1-14,44-45H,36-37H2,(H,46,47)(H,48,49)(H2,38,39,50)(H,51,52,53)(H,54,55,56). The predicted octanol–water partition coefficient (Wildman–Crippen LogP) is 6.93. The molecule has 0 atom stereocenters. The molecule has 0 saturated heterocycles. The van der Waals surface area contributed by atoms with E-state index in [-0.39, 0.29) is 78.2 Å². The molecule has 6 aromatic rings. The summed E-state index contributed by atoms with van der Waals surface area (Å²) in [5, 5.41) is 61.7. The van der Waals surface area contributed by atoms with Gasteiger partial charge in [0.15, 0.2) is 0 Å². The van der Waals surface area contributed by atoms with Crippen LogP contribution in [-0.2, 0) is 20.2 Å². The number of azo groups is 2. The summed E-state index contributed by atoms with van der Waals surface area (Å²) < 4.78 is 65.4. The van der Waals surface area contributed by atoms with Gasteiger partial charge in [0, 0.05) is 23.5 Å². The lowest BCUT2D eigenvalue weighted by molar-refractivity contribution is 0.0687. The number of amides is 2. The van der Waals surface area contributed by atoms with E-state index in [9.17, 15) is 60.8 Å². The van der Waals surface area contributed by atoms with Gasteiger partial charge in [0.05, 0.1) is 43.1 Å². The molecule has 0 aromatic heterocycles. The van der Waals surface area contributed by atoms with Crippen LogP contribution in [0.1, 0.15) is 20.7 Å². The van der Waals surface area contributed by atoms with Crippen LogP contribution in [0.3, 0.4) is 0 Å². The van der Waals surface area contributed by atoms with Gasteiger partial charge in [-0.2, -0.15) is 16.8 Å². The first-order valence-electron chi connectivity index (χ1n) is 15.9. The summed E-state index contributed by atoms with van der Waals surface area (Å²) in [6, 6.07) is 15.0. The van der Waals surface area contributed by atoms with Crippen molar-refractivity contribution in [3.8, 4) is 11.5 Å². The number of carboxylic acids is 2. The molecule has 23 heteroatoms. The number of nitrogen functional groups attached to an aromatic ring is 2. The first-order chi connectivity index (χ1) is 27.2. The number of hydrogen-bond acceptors (Lipinski definition) is 15. The van der Waals surface area contributed by atoms with E-state index in [1.807, 2.05) is 0 Å². The van der Waals surface area contributed by atoms with Crippen LogP contribution in [0.15, 0.2) is 115 Å². The van der Waals surface area contributed by atoms with Crippen LogP contribution in [0.25, 0.3) is 21.5 Å². The van der Waals surface area contributed by atoms with E-state index in [0.717, 1.165) is 48.5 Å². The van der Waals surface area contributed by atoms with Gasteiger partial charge in [-0.25, -0.2) is 14.4 Å². The summed E-state index contributed by atoms with van der Waals surface area (Å²) in [5.74, 6) is -4.13. The second kappa shape index (κ2) is 15.1. The lowest BCUT2D eigenvalue weighted by Gasteiger charge is -2.11. The topological polar surface area (TPSA) is 366 Å². The molecule has 0 fully saturated rings. The summed E-state index contributed by atoms with van der Waals surface area (Å²) in [7, 11) is -9.39.